The Morgan fingerprint density at radius 2 is 1.97 bits per heavy atom. The quantitative estimate of drug-likeness (QED) is 0.391. The summed E-state index contributed by atoms with van der Waals surface area (Å²) in [6.07, 6.45) is 0.715. The first kappa shape index (κ1) is 21.2. The maximum atomic E-state index is 12.7. The van der Waals surface area contributed by atoms with Gasteiger partial charge in [-0.15, -0.1) is 0 Å². The molecule has 10 nitrogen and oxygen atoms in total. The first-order valence-electron chi connectivity index (χ1n) is 9.40. The molecule has 2 heterocycles. The van der Waals surface area contributed by atoms with Crippen molar-refractivity contribution < 1.29 is 18.1 Å². The van der Waals surface area contributed by atoms with E-state index in [2.05, 4.69) is 10.4 Å². The van der Waals surface area contributed by atoms with Gasteiger partial charge in [-0.3, -0.25) is 14.8 Å². The van der Waals surface area contributed by atoms with Crippen molar-refractivity contribution in [3.8, 4) is 0 Å². The molecule has 2 aromatic rings. The molecule has 0 atom stereocenters. The van der Waals surface area contributed by atoms with Gasteiger partial charge in [0.15, 0.2) is 0 Å². The van der Waals surface area contributed by atoms with Crippen LogP contribution in [0, 0.1) is 24.0 Å². The van der Waals surface area contributed by atoms with E-state index in [-0.39, 0.29) is 23.7 Å². The third-order valence-corrected chi connectivity index (χ3v) is 6.63. The molecule has 11 heteroatoms. The van der Waals surface area contributed by atoms with E-state index in [0.29, 0.717) is 38.4 Å². The molecule has 1 aliphatic heterocycles. The maximum Gasteiger partial charge on any atom is 0.293 e. The van der Waals surface area contributed by atoms with Crippen molar-refractivity contribution in [3.63, 3.8) is 0 Å². The van der Waals surface area contributed by atoms with Crippen LogP contribution in [0.5, 0.6) is 0 Å². The molecule has 1 saturated heterocycles. The van der Waals surface area contributed by atoms with E-state index in [0.717, 1.165) is 17.5 Å². The minimum absolute atomic E-state index is 0.0840. The van der Waals surface area contributed by atoms with E-state index >= 15 is 0 Å². The highest BCUT2D eigenvalue weighted by atomic mass is 32.2. The SMILES string of the molecule is Cc1cc(C)n(CCCNc2ccc(S(=O)(=O)N3CCOCC3)cc2[N+](=O)[O-])n1. The molecule has 0 aliphatic carbocycles. The number of benzene rings is 1. The van der Waals surface area contributed by atoms with E-state index in [9.17, 15) is 18.5 Å². The lowest BCUT2D eigenvalue weighted by Crippen LogP contribution is -2.40. The number of anilines is 1. The maximum absolute atomic E-state index is 12.7. The Balaban J connectivity index is 1.69. The van der Waals surface area contributed by atoms with E-state index < -0.39 is 14.9 Å². The van der Waals surface area contributed by atoms with Crippen LogP contribution in [0.4, 0.5) is 11.4 Å². The fourth-order valence-corrected chi connectivity index (χ4v) is 4.69. The largest absolute Gasteiger partial charge is 0.379 e. The number of morpholine rings is 1. The van der Waals surface area contributed by atoms with Crippen LogP contribution in [-0.4, -0.2) is 60.3 Å². The molecule has 0 unspecified atom stereocenters. The van der Waals surface area contributed by atoms with Gasteiger partial charge in [-0.25, -0.2) is 8.42 Å². The Hall–Kier alpha value is -2.50. The number of nitrogens with one attached hydrogen (secondary N) is 1. The highest BCUT2D eigenvalue weighted by Crippen LogP contribution is 2.29. The molecule has 0 saturated carbocycles. The van der Waals surface area contributed by atoms with Gasteiger partial charge in [0, 0.05) is 37.9 Å². The van der Waals surface area contributed by atoms with Crippen molar-refractivity contribution in [1.29, 1.82) is 0 Å². The first-order chi connectivity index (χ1) is 13.8. The number of aromatic nitrogens is 2. The molecule has 0 amide bonds. The lowest BCUT2D eigenvalue weighted by molar-refractivity contribution is -0.384. The Bertz CT molecular complexity index is 983. The Morgan fingerprint density at radius 3 is 2.59 bits per heavy atom. The molecule has 158 valence electrons. The first-order valence-corrected chi connectivity index (χ1v) is 10.8. The summed E-state index contributed by atoms with van der Waals surface area (Å²) < 4.78 is 33.8. The Labute approximate surface area is 169 Å². The van der Waals surface area contributed by atoms with Crippen LogP contribution >= 0.6 is 0 Å². The number of nitro benzene ring substituents is 1. The molecule has 0 spiro atoms. The van der Waals surface area contributed by atoms with Crippen molar-refractivity contribution in [2.45, 2.75) is 31.7 Å². The van der Waals surface area contributed by atoms with Crippen LogP contribution in [0.25, 0.3) is 0 Å². The molecule has 29 heavy (non-hydrogen) atoms. The van der Waals surface area contributed by atoms with Gasteiger partial charge in [0.05, 0.1) is 28.7 Å². The van der Waals surface area contributed by atoms with E-state index in [1.807, 2.05) is 24.6 Å². The molecule has 3 rings (SSSR count). The number of hydrogen-bond donors (Lipinski definition) is 1. The molecule has 1 aromatic heterocycles. The summed E-state index contributed by atoms with van der Waals surface area (Å²) in [5.74, 6) is 0. The smallest absolute Gasteiger partial charge is 0.293 e. The van der Waals surface area contributed by atoms with Gasteiger partial charge >= 0.3 is 0 Å². The van der Waals surface area contributed by atoms with Crippen LogP contribution in [0.2, 0.25) is 0 Å². The second kappa shape index (κ2) is 8.89. The zero-order valence-corrected chi connectivity index (χ0v) is 17.3. The van der Waals surface area contributed by atoms with Crippen molar-refractivity contribution in [1.82, 2.24) is 14.1 Å². The number of hydrogen-bond acceptors (Lipinski definition) is 7. The second-order valence-electron chi connectivity index (χ2n) is 6.88. The summed E-state index contributed by atoms with van der Waals surface area (Å²) in [7, 11) is -3.79. The third-order valence-electron chi connectivity index (χ3n) is 4.74. The summed E-state index contributed by atoms with van der Waals surface area (Å²) >= 11 is 0. The topological polar surface area (TPSA) is 120 Å². The van der Waals surface area contributed by atoms with Crippen molar-refractivity contribution in [3.05, 3.63) is 45.8 Å². The van der Waals surface area contributed by atoms with Crippen LogP contribution in [0.1, 0.15) is 17.8 Å². The standard InChI is InChI=1S/C18H25N5O5S/c1-14-12-15(2)22(20-14)7-3-6-19-17-5-4-16(13-18(17)23(24)25)29(26,27)21-8-10-28-11-9-21/h4-5,12-13,19H,3,6-11H2,1-2H3. The van der Waals surface area contributed by atoms with E-state index in [4.69, 9.17) is 4.74 Å². The highest BCUT2D eigenvalue weighted by molar-refractivity contribution is 7.89. The predicted octanol–water partition coefficient (Wildman–Crippen LogP) is 1.93. The molecule has 1 aliphatic rings. The number of aryl methyl sites for hydroxylation is 3. The van der Waals surface area contributed by atoms with Crippen LogP contribution in [0.15, 0.2) is 29.2 Å². The number of rotatable bonds is 8. The summed E-state index contributed by atoms with van der Waals surface area (Å²) in [5.41, 5.74) is 2.05. The molecule has 1 aromatic carbocycles. The van der Waals surface area contributed by atoms with Crippen molar-refractivity contribution in [2.24, 2.45) is 0 Å². The minimum atomic E-state index is -3.79. The van der Waals surface area contributed by atoms with Gasteiger partial charge in [0.25, 0.3) is 5.69 Å². The molecular formula is C18H25N5O5S. The van der Waals surface area contributed by atoms with Crippen LogP contribution in [-0.2, 0) is 21.3 Å². The van der Waals surface area contributed by atoms with E-state index in [1.54, 1.807) is 0 Å². The summed E-state index contributed by atoms with van der Waals surface area (Å²) in [6.45, 7) is 6.19. The van der Waals surface area contributed by atoms with Gasteiger partial charge in [0.1, 0.15) is 5.69 Å². The number of nitro groups is 1. The van der Waals surface area contributed by atoms with Crippen molar-refractivity contribution >= 4 is 21.4 Å². The van der Waals surface area contributed by atoms with Gasteiger partial charge in [-0.05, 0) is 38.5 Å². The van der Waals surface area contributed by atoms with Gasteiger partial charge in [-0.1, -0.05) is 0 Å². The average molecular weight is 423 g/mol. The summed E-state index contributed by atoms with van der Waals surface area (Å²) in [4.78, 5) is 10.9. The van der Waals surface area contributed by atoms with Crippen LogP contribution < -0.4 is 5.32 Å². The number of ether oxygens (including phenoxy) is 1. The number of nitrogens with zero attached hydrogens (tertiary/aromatic N) is 4. The monoisotopic (exact) mass is 423 g/mol. The Morgan fingerprint density at radius 1 is 1.24 bits per heavy atom. The Kier molecular flexibility index (Phi) is 6.50. The minimum Gasteiger partial charge on any atom is -0.379 e. The zero-order chi connectivity index (χ0) is 21.0. The van der Waals surface area contributed by atoms with E-state index in [1.165, 1.54) is 16.4 Å². The third kappa shape index (κ3) is 4.92. The van der Waals surface area contributed by atoms with Gasteiger partial charge in [-0.2, -0.15) is 9.40 Å². The molecule has 0 bridgehead atoms. The lowest BCUT2D eigenvalue weighted by Gasteiger charge is -2.26. The summed E-state index contributed by atoms with van der Waals surface area (Å²) in [5, 5.41) is 18.9. The second-order valence-corrected chi connectivity index (χ2v) is 8.82. The molecular weight excluding hydrogens is 398 g/mol. The normalized spacial score (nSPS) is 15.4. The molecule has 1 fully saturated rings. The molecule has 1 N–H and O–H groups in total. The van der Waals surface area contributed by atoms with Crippen molar-refractivity contribution in [2.75, 3.05) is 38.2 Å². The zero-order valence-electron chi connectivity index (χ0n) is 16.5. The average Bonchev–Trinajstić information content (AvgIpc) is 3.02. The fraction of sp³-hybridized carbons (Fsp3) is 0.500. The summed E-state index contributed by atoms with van der Waals surface area (Å²) in [6, 6.07) is 5.97. The van der Waals surface area contributed by atoms with Crippen LogP contribution in [0.3, 0.4) is 0 Å². The lowest BCUT2D eigenvalue weighted by atomic mass is 10.2. The van der Waals surface area contributed by atoms with Gasteiger partial charge in [0.2, 0.25) is 10.0 Å². The highest BCUT2D eigenvalue weighted by Gasteiger charge is 2.28. The predicted molar refractivity (Wildman–Crippen MR) is 107 cm³/mol. The number of sulfonamides is 1. The fourth-order valence-electron chi connectivity index (χ4n) is 3.26. The molecule has 0 radical (unpaired) electrons. The van der Waals surface area contributed by atoms with Gasteiger partial charge < -0.3 is 10.1 Å².